The van der Waals surface area contributed by atoms with Gasteiger partial charge in [0.25, 0.3) is 5.91 Å². The van der Waals surface area contributed by atoms with Gasteiger partial charge in [0.1, 0.15) is 12.4 Å². The second-order valence-electron chi connectivity index (χ2n) is 11.9. The van der Waals surface area contributed by atoms with E-state index in [1.54, 1.807) is 24.3 Å². The first-order chi connectivity index (χ1) is 24.0. The molecule has 5 N–H and O–H groups in total. The van der Waals surface area contributed by atoms with Crippen molar-refractivity contribution in [1.82, 2.24) is 9.96 Å². The van der Waals surface area contributed by atoms with Gasteiger partial charge < -0.3 is 29.6 Å². The fraction of sp³-hybridized carbons (Fsp3) is 0.351. The molecule has 0 aliphatic rings. The van der Waals surface area contributed by atoms with E-state index in [0.29, 0.717) is 28.1 Å². The van der Waals surface area contributed by atoms with Gasteiger partial charge in [0.15, 0.2) is 0 Å². The maximum absolute atomic E-state index is 14.2. The molecule has 1 heterocycles. The summed E-state index contributed by atoms with van der Waals surface area (Å²) < 4.78 is 26.3. The molecule has 13 heteroatoms. The Morgan fingerprint density at radius 3 is 2.12 bits per heavy atom. The first-order valence-corrected chi connectivity index (χ1v) is 16.4. The van der Waals surface area contributed by atoms with Crippen molar-refractivity contribution in [3.8, 4) is 22.4 Å². The van der Waals surface area contributed by atoms with Gasteiger partial charge in [-0.05, 0) is 66.3 Å². The number of rotatable bonds is 19. The number of anilines is 1. The molecule has 0 saturated carbocycles. The molecule has 0 radical (unpaired) electrons. The van der Waals surface area contributed by atoms with E-state index in [1.165, 1.54) is 12.1 Å². The third kappa shape index (κ3) is 11.0. The summed E-state index contributed by atoms with van der Waals surface area (Å²) >= 11 is 0. The minimum Gasteiger partial charge on any atom is -0.463 e. The van der Waals surface area contributed by atoms with Gasteiger partial charge in [-0.2, -0.15) is 0 Å². The fourth-order valence-corrected chi connectivity index (χ4v) is 5.75. The molecule has 0 fully saturated rings. The van der Waals surface area contributed by atoms with Crippen LogP contribution < -0.4 is 5.32 Å². The summed E-state index contributed by atoms with van der Waals surface area (Å²) in [4.78, 5) is 30.8. The summed E-state index contributed by atoms with van der Waals surface area (Å²) in [7, 11) is 0. The van der Waals surface area contributed by atoms with Crippen LogP contribution in [0.5, 0.6) is 0 Å². The molecule has 4 aromatic rings. The average Bonchev–Trinajstić information content (AvgIpc) is 3.43. The van der Waals surface area contributed by atoms with Crippen molar-refractivity contribution in [2.75, 3.05) is 31.7 Å². The van der Waals surface area contributed by atoms with Crippen LogP contribution in [0, 0.1) is 5.82 Å². The van der Waals surface area contributed by atoms with Crippen molar-refractivity contribution in [2.24, 2.45) is 0 Å². The predicted octanol–water partition coefficient (Wildman–Crippen LogP) is 5.80. The van der Waals surface area contributed by atoms with E-state index in [-0.39, 0.29) is 64.1 Å². The highest BCUT2D eigenvalue weighted by Gasteiger charge is 2.31. The monoisotopic (exact) mass is 693 g/mol. The van der Waals surface area contributed by atoms with Gasteiger partial charge in [-0.15, -0.1) is 0 Å². The lowest BCUT2D eigenvalue weighted by Crippen LogP contribution is -2.24. The second kappa shape index (κ2) is 19.1. The van der Waals surface area contributed by atoms with E-state index in [0.717, 1.165) is 11.3 Å². The van der Waals surface area contributed by atoms with Crippen molar-refractivity contribution < 1.29 is 48.9 Å². The normalized spacial score (nSPS) is 12.7. The largest absolute Gasteiger partial charge is 0.463 e. The Balaban J connectivity index is 1.56. The maximum atomic E-state index is 14.2. The number of hydrogen-bond donors (Lipinski definition) is 5. The Morgan fingerprint density at radius 1 is 0.840 bits per heavy atom. The van der Waals surface area contributed by atoms with E-state index >= 15 is 0 Å². The molecule has 50 heavy (non-hydrogen) atoms. The standard InChI is InChI=1S/C37H44FN3O9/c1-25(2)35-34(37(45)39-29-11-7-4-8-12-29)33(26-9-5-3-6-10-26)36(27-13-15-28(38)16-14-27)40(35)18-17-30(42)23-31(43)24-32(44)49-21-19-48-20-22-50-41(46)47/h3-16,25,30-31,42-43,46-47H,17-24H2,1-2H3,(H,39,45). The molecule has 12 nitrogen and oxygen atoms in total. The number of carbonyl (C=O) groups is 2. The SMILES string of the molecule is CC(C)c1c(C(=O)Nc2ccccc2)c(-c2ccccc2)c(-c2ccc(F)cc2)n1CCC(O)CC(O)CC(=O)OCCOCCON(O)O. The van der Waals surface area contributed by atoms with Crippen molar-refractivity contribution in [3.05, 3.63) is 102 Å². The summed E-state index contributed by atoms with van der Waals surface area (Å²) in [6.45, 7) is 4.07. The second-order valence-corrected chi connectivity index (χ2v) is 11.9. The number of ether oxygens (including phenoxy) is 2. The molecule has 268 valence electrons. The highest BCUT2D eigenvalue weighted by atomic mass is 19.1. The number of hydrogen-bond acceptors (Lipinski definition) is 10. The van der Waals surface area contributed by atoms with Gasteiger partial charge in [-0.3, -0.25) is 20.0 Å². The average molecular weight is 694 g/mol. The van der Waals surface area contributed by atoms with Gasteiger partial charge in [-0.1, -0.05) is 62.4 Å². The molecule has 0 spiro atoms. The zero-order valence-corrected chi connectivity index (χ0v) is 28.1. The van der Waals surface area contributed by atoms with Crippen LogP contribution in [-0.4, -0.2) is 81.1 Å². The lowest BCUT2D eigenvalue weighted by molar-refractivity contribution is -0.493. The Morgan fingerprint density at radius 2 is 1.48 bits per heavy atom. The topological polar surface area (TPSA) is 163 Å². The lowest BCUT2D eigenvalue weighted by Gasteiger charge is -2.20. The van der Waals surface area contributed by atoms with E-state index in [1.807, 2.05) is 66.9 Å². The molecule has 4 rings (SSSR count). The minimum atomic E-state index is -1.18. The number of benzene rings is 3. The Labute approximate surface area is 290 Å². The number of nitrogens with zero attached hydrogens (tertiary/aromatic N) is 2. The molecule has 0 aliphatic carbocycles. The van der Waals surface area contributed by atoms with Gasteiger partial charge in [-0.25, -0.2) is 9.23 Å². The smallest absolute Gasteiger partial charge is 0.308 e. The summed E-state index contributed by atoms with van der Waals surface area (Å²) in [5.41, 5.74) is 4.66. The highest BCUT2D eigenvalue weighted by molar-refractivity contribution is 6.12. The molecule has 1 aromatic heterocycles. The van der Waals surface area contributed by atoms with Crippen LogP contribution in [0.15, 0.2) is 84.9 Å². The number of aliphatic hydroxyl groups excluding tert-OH is 2. The van der Waals surface area contributed by atoms with Crippen LogP contribution in [0.3, 0.4) is 0 Å². The third-order valence-corrected chi connectivity index (χ3v) is 7.85. The van der Waals surface area contributed by atoms with Crippen molar-refractivity contribution in [1.29, 1.82) is 0 Å². The highest BCUT2D eigenvalue weighted by Crippen LogP contribution is 2.42. The van der Waals surface area contributed by atoms with E-state index in [4.69, 9.17) is 19.9 Å². The van der Waals surface area contributed by atoms with Crippen LogP contribution in [0.2, 0.25) is 0 Å². The van der Waals surface area contributed by atoms with Crippen LogP contribution in [0.1, 0.15) is 55.1 Å². The molecule has 0 saturated heterocycles. The quantitative estimate of drug-likeness (QED) is 0.0461. The zero-order valence-electron chi connectivity index (χ0n) is 28.1. The first kappa shape index (κ1) is 38.3. The number of para-hydroxylation sites is 1. The van der Waals surface area contributed by atoms with Crippen molar-refractivity contribution >= 4 is 17.6 Å². The molecule has 0 aliphatic heterocycles. The number of esters is 1. The zero-order chi connectivity index (χ0) is 36.0. The van der Waals surface area contributed by atoms with E-state index < -0.39 is 29.4 Å². The van der Waals surface area contributed by atoms with E-state index in [9.17, 15) is 24.2 Å². The van der Waals surface area contributed by atoms with Crippen LogP contribution in [-0.2, 0) is 25.7 Å². The number of carbonyl (C=O) groups excluding carboxylic acids is 2. The van der Waals surface area contributed by atoms with Gasteiger partial charge in [0, 0.05) is 23.5 Å². The van der Waals surface area contributed by atoms with Crippen molar-refractivity contribution in [2.45, 2.75) is 57.8 Å². The number of aromatic nitrogens is 1. The first-order valence-electron chi connectivity index (χ1n) is 16.4. The van der Waals surface area contributed by atoms with E-state index in [2.05, 4.69) is 10.2 Å². The van der Waals surface area contributed by atoms with Gasteiger partial charge in [0.2, 0.25) is 0 Å². The summed E-state index contributed by atoms with van der Waals surface area (Å²) in [6.07, 6.45) is -2.45. The van der Waals surface area contributed by atoms with Crippen LogP contribution in [0.25, 0.3) is 22.4 Å². The van der Waals surface area contributed by atoms with Crippen LogP contribution >= 0.6 is 0 Å². The molecular weight excluding hydrogens is 649 g/mol. The minimum absolute atomic E-state index is 0.0266. The molecule has 2 unspecified atom stereocenters. The van der Waals surface area contributed by atoms with Crippen LogP contribution in [0.4, 0.5) is 10.1 Å². The maximum Gasteiger partial charge on any atom is 0.308 e. The Bertz CT molecular complexity index is 1650. The Kier molecular flexibility index (Phi) is 14.6. The molecule has 2 atom stereocenters. The van der Waals surface area contributed by atoms with Gasteiger partial charge >= 0.3 is 5.97 Å². The number of amides is 1. The van der Waals surface area contributed by atoms with Crippen molar-refractivity contribution in [3.63, 3.8) is 0 Å². The molecule has 3 aromatic carbocycles. The summed E-state index contributed by atoms with van der Waals surface area (Å²) in [5.74, 6) is -1.53. The summed E-state index contributed by atoms with van der Waals surface area (Å²) in [5, 5.41) is 41.1. The third-order valence-electron chi connectivity index (χ3n) is 7.85. The fourth-order valence-electron chi connectivity index (χ4n) is 5.75. The number of nitrogens with one attached hydrogen (secondary N) is 1. The molecule has 0 bridgehead atoms. The number of aliphatic hydroxyl groups is 2. The summed E-state index contributed by atoms with van der Waals surface area (Å²) in [6, 6.07) is 24.7. The van der Waals surface area contributed by atoms with Gasteiger partial charge in [0.05, 0.1) is 55.1 Å². The molecule has 1 amide bonds. The Hall–Kier alpha value is -4.47. The number of halogens is 1. The molecular formula is C37H44FN3O9. The predicted molar refractivity (Wildman–Crippen MR) is 183 cm³/mol. The lowest BCUT2D eigenvalue weighted by atomic mass is 9.94.